The van der Waals surface area contributed by atoms with E-state index in [2.05, 4.69) is 0 Å². The summed E-state index contributed by atoms with van der Waals surface area (Å²) in [6.07, 6.45) is 3.27. The second kappa shape index (κ2) is 7.81. The Kier molecular flexibility index (Phi) is 5.51. The summed E-state index contributed by atoms with van der Waals surface area (Å²) in [7, 11) is 0. The number of rotatable bonds is 5. The molecular weight excluding hydrogens is 361 g/mol. The minimum atomic E-state index is -0.0352. The maximum absolute atomic E-state index is 12.1. The third-order valence-corrected chi connectivity index (χ3v) is 4.69. The van der Waals surface area contributed by atoms with E-state index in [1.54, 1.807) is 47.4 Å². The number of phenolic OH excluding ortho intramolecular Hbond substituents is 1. The first-order chi connectivity index (χ1) is 12.0. The monoisotopic (exact) mass is 377 g/mol. The number of halogens is 2. The van der Waals surface area contributed by atoms with Crippen LogP contribution in [0.5, 0.6) is 11.5 Å². The van der Waals surface area contributed by atoms with Crippen LogP contribution in [0.25, 0.3) is 6.08 Å². The van der Waals surface area contributed by atoms with Crippen LogP contribution in [0.15, 0.2) is 48.5 Å². The molecule has 1 N–H and O–H groups in total. The largest absolute Gasteiger partial charge is 0.508 e. The molecule has 0 aliphatic carbocycles. The molecule has 1 aliphatic heterocycles. The predicted octanol–water partition coefficient (Wildman–Crippen LogP) is 4.25. The quantitative estimate of drug-likeness (QED) is 0.792. The molecule has 6 heteroatoms. The number of carbonyl (C=O) groups is 1. The highest BCUT2D eigenvalue weighted by Crippen LogP contribution is 2.24. The number of phenols is 1. The van der Waals surface area contributed by atoms with E-state index in [1.165, 1.54) is 6.08 Å². The number of benzene rings is 2. The maximum Gasteiger partial charge on any atom is 0.246 e. The van der Waals surface area contributed by atoms with Gasteiger partial charge in [-0.25, -0.2) is 0 Å². The molecule has 1 amide bonds. The van der Waals surface area contributed by atoms with E-state index in [0.29, 0.717) is 41.4 Å². The van der Waals surface area contributed by atoms with E-state index in [-0.39, 0.29) is 11.7 Å². The average Bonchev–Trinajstić information content (AvgIpc) is 2.56. The average molecular weight is 378 g/mol. The van der Waals surface area contributed by atoms with Gasteiger partial charge in [-0.1, -0.05) is 29.3 Å². The standard InChI is InChI=1S/C19H17Cl2NO3/c20-17-7-1-13(9-18(17)21)2-8-19(24)22-10-14(11-22)12-25-16-5-3-15(23)4-6-16/h1-9,14,23H,10-12H2/b8-2+. The lowest BCUT2D eigenvalue weighted by atomic mass is 10.0. The fourth-order valence-electron chi connectivity index (χ4n) is 2.50. The Balaban J connectivity index is 1.44. The predicted molar refractivity (Wildman–Crippen MR) is 99.2 cm³/mol. The highest BCUT2D eigenvalue weighted by atomic mass is 35.5. The first-order valence-electron chi connectivity index (χ1n) is 7.85. The number of likely N-dealkylation sites (tertiary alicyclic amines) is 1. The Morgan fingerprint density at radius 3 is 2.56 bits per heavy atom. The summed E-state index contributed by atoms with van der Waals surface area (Å²) in [6.45, 7) is 1.89. The molecule has 1 heterocycles. The third kappa shape index (κ3) is 4.68. The van der Waals surface area contributed by atoms with Crippen molar-refractivity contribution in [2.24, 2.45) is 5.92 Å². The normalized spacial score (nSPS) is 14.6. The van der Waals surface area contributed by atoms with Gasteiger partial charge in [0.1, 0.15) is 11.5 Å². The molecule has 0 unspecified atom stereocenters. The van der Waals surface area contributed by atoms with Crippen LogP contribution >= 0.6 is 23.2 Å². The van der Waals surface area contributed by atoms with Crippen LogP contribution in [0.1, 0.15) is 5.56 Å². The van der Waals surface area contributed by atoms with Crippen molar-refractivity contribution in [2.45, 2.75) is 0 Å². The van der Waals surface area contributed by atoms with Crippen LogP contribution < -0.4 is 4.74 Å². The number of nitrogens with zero attached hydrogens (tertiary/aromatic N) is 1. The van der Waals surface area contributed by atoms with Crippen LogP contribution in [0.4, 0.5) is 0 Å². The number of hydrogen-bond acceptors (Lipinski definition) is 3. The first-order valence-corrected chi connectivity index (χ1v) is 8.61. The molecule has 0 saturated carbocycles. The summed E-state index contributed by atoms with van der Waals surface area (Å²) in [5, 5.41) is 10.2. The molecule has 0 radical (unpaired) electrons. The number of ether oxygens (including phenoxy) is 1. The van der Waals surface area contributed by atoms with Crippen molar-refractivity contribution in [3.63, 3.8) is 0 Å². The number of amides is 1. The summed E-state index contributed by atoms with van der Waals surface area (Å²) in [6, 6.07) is 11.8. The van der Waals surface area contributed by atoms with Crippen LogP contribution in [-0.2, 0) is 4.79 Å². The number of hydrogen-bond donors (Lipinski definition) is 1. The van der Waals surface area contributed by atoms with Crippen molar-refractivity contribution in [2.75, 3.05) is 19.7 Å². The molecule has 0 spiro atoms. The van der Waals surface area contributed by atoms with Gasteiger partial charge in [-0.2, -0.15) is 0 Å². The van der Waals surface area contributed by atoms with Crippen molar-refractivity contribution in [3.8, 4) is 11.5 Å². The topological polar surface area (TPSA) is 49.8 Å². The SMILES string of the molecule is O=C(/C=C/c1ccc(Cl)c(Cl)c1)N1CC(COc2ccc(O)cc2)C1. The first kappa shape index (κ1) is 17.6. The van der Waals surface area contributed by atoms with Gasteiger partial charge < -0.3 is 14.7 Å². The van der Waals surface area contributed by atoms with Crippen LogP contribution in [0.2, 0.25) is 10.0 Å². The van der Waals surface area contributed by atoms with E-state index >= 15 is 0 Å². The zero-order valence-corrected chi connectivity index (χ0v) is 14.9. The number of carbonyl (C=O) groups excluding carboxylic acids is 1. The third-order valence-electron chi connectivity index (χ3n) is 3.95. The van der Waals surface area contributed by atoms with Gasteiger partial charge in [-0.05, 0) is 48.0 Å². The van der Waals surface area contributed by atoms with Gasteiger partial charge in [0.15, 0.2) is 0 Å². The van der Waals surface area contributed by atoms with Crippen molar-refractivity contribution < 1.29 is 14.6 Å². The van der Waals surface area contributed by atoms with E-state index in [1.807, 2.05) is 6.07 Å². The lowest BCUT2D eigenvalue weighted by Crippen LogP contribution is -2.51. The van der Waals surface area contributed by atoms with Crippen molar-refractivity contribution in [3.05, 3.63) is 64.1 Å². The summed E-state index contributed by atoms with van der Waals surface area (Å²) in [4.78, 5) is 13.9. The van der Waals surface area contributed by atoms with E-state index in [9.17, 15) is 9.90 Å². The van der Waals surface area contributed by atoms with Crippen LogP contribution in [0.3, 0.4) is 0 Å². The summed E-state index contributed by atoms with van der Waals surface area (Å²) >= 11 is 11.8. The van der Waals surface area contributed by atoms with Gasteiger partial charge in [0.2, 0.25) is 5.91 Å². The molecule has 1 aliphatic rings. The minimum absolute atomic E-state index is 0.0352. The molecule has 3 rings (SSSR count). The molecular formula is C19H17Cl2NO3. The number of aromatic hydroxyl groups is 1. The molecule has 1 saturated heterocycles. The molecule has 4 nitrogen and oxygen atoms in total. The Morgan fingerprint density at radius 2 is 1.88 bits per heavy atom. The van der Waals surface area contributed by atoms with Crippen LogP contribution in [0, 0.1) is 5.92 Å². The molecule has 25 heavy (non-hydrogen) atoms. The fraction of sp³-hybridized carbons (Fsp3) is 0.211. The second-order valence-corrected chi connectivity index (χ2v) is 6.74. The van der Waals surface area contributed by atoms with E-state index < -0.39 is 0 Å². The van der Waals surface area contributed by atoms with Gasteiger partial charge in [0.25, 0.3) is 0 Å². The molecule has 0 aromatic heterocycles. The Labute approximate surface area is 156 Å². The van der Waals surface area contributed by atoms with E-state index in [4.69, 9.17) is 27.9 Å². The van der Waals surface area contributed by atoms with Gasteiger partial charge in [0, 0.05) is 25.1 Å². The zero-order valence-electron chi connectivity index (χ0n) is 13.4. The smallest absolute Gasteiger partial charge is 0.246 e. The van der Waals surface area contributed by atoms with Crippen molar-refractivity contribution in [1.29, 1.82) is 0 Å². The van der Waals surface area contributed by atoms with Gasteiger partial charge >= 0.3 is 0 Å². The van der Waals surface area contributed by atoms with E-state index in [0.717, 1.165) is 5.56 Å². The van der Waals surface area contributed by atoms with Crippen LogP contribution in [-0.4, -0.2) is 35.6 Å². The second-order valence-electron chi connectivity index (χ2n) is 5.92. The Morgan fingerprint density at radius 1 is 1.16 bits per heavy atom. The molecule has 0 atom stereocenters. The molecule has 130 valence electrons. The summed E-state index contributed by atoms with van der Waals surface area (Å²) in [5.41, 5.74) is 0.829. The van der Waals surface area contributed by atoms with Gasteiger partial charge in [0.05, 0.1) is 16.7 Å². The minimum Gasteiger partial charge on any atom is -0.508 e. The zero-order chi connectivity index (χ0) is 17.8. The van der Waals surface area contributed by atoms with Gasteiger partial charge in [-0.3, -0.25) is 4.79 Å². The summed E-state index contributed by atoms with van der Waals surface area (Å²) in [5.74, 6) is 1.20. The Hall–Kier alpha value is -2.17. The molecule has 2 aromatic carbocycles. The molecule has 0 bridgehead atoms. The summed E-state index contributed by atoms with van der Waals surface area (Å²) < 4.78 is 5.65. The molecule has 1 fully saturated rings. The maximum atomic E-state index is 12.1. The lowest BCUT2D eigenvalue weighted by Gasteiger charge is -2.38. The van der Waals surface area contributed by atoms with Crippen molar-refractivity contribution in [1.82, 2.24) is 4.90 Å². The van der Waals surface area contributed by atoms with Gasteiger partial charge in [-0.15, -0.1) is 0 Å². The lowest BCUT2D eigenvalue weighted by molar-refractivity contribution is -0.132. The van der Waals surface area contributed by atoms with Crippen molar-refractivity contribution >= 4 is 35.2 Å². The fourth-order valence-corrected chi connectivity index (χ4v) is 2.81. The Bertz CT molecular complexity index is 784. The molecule has 2 aromatic rings. The highest BCUT2D eigenvalue weighted by Gasteiger charge is 2.29. The highest BCUT2D eigenvalue weighted by molar-refractivity contribution is 6.42.